The van der Waals surface area contributed by atoms with Crippen LogP contribution in [0.3, 0.4) is 0 Å². The number of nitrogens with zero attached hydrogens (tertiary/aromatic N) is 1. The average molecular weight is 744 g/mol. The van der Waals surface area contributed by atoms with E-state index in [9.17, 15) is 0 Å². The standard InChI is InChI=1S/C55H41N3/c56-54(42-16-5-2-6-17-42)58-55(57-36-37-23-25-39(26-24-37)38-13-3-1-4-14-38)43-29-27-41(28-30-43)46-33-34-50(49-22-12-11-21-48(46)49)53-47-20-10-8-18-44(47)35-52-45-19-9-7-15-40(45)31-32-51(52)53/h1-35,54H,36,56H2,(H,57,58). The molecule has 0 aromatic heterocycles. The number of nitrogens with one attached hydrogen (secondary N) is 1. The van der Waals surface area contributed by atoms with Crippen molar-refractivity contribution < 1.29 is 0 Å². The Balaban J connectivity index is 1.03. The highest BCUT2D eigenvalue weighted by atomic mass is 15.1. The summed E-state index contributed by atoms with van der Waals surface area (Å²) >= 11 is 0. The van der Waals surface area contributed by atoms with Gasteiger partial charge in [0.2, 0.25) is 0 Å². The van der Waals surface area contributed by atoms with Gasteiger partial charge in [0, 0.05) is 5.56 Å². The van der Waals surface area contributed by atoms with Crippen LogP contribution in [0, 0.1) is 0 Å². The smallest absolute Gasteiger partial charge is 0.130 e. The maximum absolute atomic E-state index is 6.74. The topological polar surface area (TPSA) is 50.4 Å². The van der Waals surface area contributed by atoms with Gasteiger partial charge in [-0.05, 0) is 93.7 Å². The molecule has 3 N–H and O–H groups in total. The third-order valence-corrected chi connectivity index (χ3v) is 11.4. The van der Waals surface area contributed by atoms with Crippen LogP contribution < -0.4 is 11.1 Å². The highest BCUT2D eigenvalue weighted by molar-refractivity contribution is 6.23. The van der Waals surface area contributed by atoms with Crippen LogP contribution in [0.1, 0.15) is 22.9 Å². The molecule has 0 radical (unpaired) electrons. The molecule has 0 aliphatic heterocycles. The van der Waals surface area contributed by atoms with Crippen LogP contribution in [0.25, 0.3) is 76.5 Å². The summed E-state index contributed by atoms with van der Waals surface area (Å²) in [6.45, 7) is 0.519. The molecule has 0 fully saturated rings. The van der Waals surface area contributed by atoms with Crippen molar-refractivity contribution in [3.8, 4) is 33.4 Å². The van der Waals surface area contributed by atoms with Crippen molar-refractivity contribution in [3.05, 3.63) is 229 Å². The minimum atomic E-state index is -0.417. The van der Waals surface area contributed by atoms with Crippen LogP contribution in [0.5, 0.6) is 0 Å². The minimum Gasteiger partial charge on any atom is -0.351 e. The van der Waals surface area contributed by atoms with Gasteiger partial charge in [0.15, 0.2) is 0 Å². The summed E-state index contributed by atoms with van der Waals surface area (Å²) in [5.74, 6) is 0.755. The Hall–Kier alpha value is -7.33. The summed E-state index contributed by atoms with van der Waals surface area (Å²) in [6, 6.07) is 75.7. The van der Waals surface area contributed by atoms with Gasteiger partial charge in [-0.2, -0.15) is 0 Å². The molecule has 0 amide bonds. The molecule has 58 heavy (non-hydrogen) atoms. The van der Waals surface area contributed by atoms with E-state index in [1.165, 1.54) is 70.9 Å². The maximum Gasteiger partial charge on any atom is 0.130 e. The number of benzene rings is 10. The second-order valence-electron chi connectivity index (χ2n) is 14.9. The molecule has 0 aliphatic rings. The maximum atomic E-state index is 6.74. The minimum absolute atomic E-state index is 0.417. The van der Waals surface area contributed by atoms with Crippen LogP contribution in [0.4, 0.5) is 0 Å². The molecule has 10 rings (SSSR count). The monoisotopic (exact) mass is 743 g/mol. The Labute approximate surface area is 338 Å². The molecule has 10 aromatic rings. The molecule has 10 aromatic carbocycles. The summed E-state index contributed by atoms with van der Waals surface area (Å²) in [4.78, 5) is 5.12. The highest BCUT2D eigenvalue weighted by Gasteiger charge is 2.17. The second kappa shape index (κ2) is 15.3. The molecule has 3 heteroatoms. The largest absolute Gasteiger partial charge is 0.351 e. The zero-order chi connectivity index (χ0) is 38.8. The molecular weight excluding hydrogens is 703 g/mol. The summed E-state index contributed by atoms with van der Waals surface area (Å²) < 4.78 is 0. The van der Waals surface area contributed by atoms with Gasteiger partial charge in [0.05, 0.1) is 6.54 Å². The predicted molar refractivity (Wildman–Crippen MR) is 246 cm³/mol. The van der Waals surface area contributed by atoms with Gasteiger partial charge in [-0.1, -0.05) is 206 Å². The zero-order valence-corrected chi connectivity index (χ0v) is 32.0. The van der Waals surface area contributed by atoms with Crippen LogP contribution >= 0.6 is 0 Å². The molecular formula is C55H41N3. The first-order valence-electron chi connectivity index (χ1n) is 19.9. The molecule has 3 nitrogen and oxygen atoms in total. The van der Waals surface area contributed by atoms with Crippen LogP contribution in [-0.4, -0.2) is 5.84 Å². The lowest BCUT2D eigenvalue weighted by Gasteiger charge is -2.19. The first-order chi connectivity index (χ1) is 28.7. The highest BCUT2D eigenvalue weighted by Crippen LogP contribution is 2.43. The van der Waals surface area contributed by atoms with Gasteiger partial charge in [0.1, 0.15) is 12.0 Å². The molecule has 1 atom stereocenters. The van der Waals surface area contributed by atoms with Crippen molar-refractivity contribution in [2.45, 2.75) is 12.7 Å². The third-order valence-electron chi connectivity index (χ3n) is 11.4. The van der Waals surface area contributed by atoms with Gasteiger partial charge in [-0.15, -0.1) is 0 Å². The van der Waals surface area contributed by atoms with Gasteiger partial charge >= 0.3 is 0 Å². The molecule has 276 valence electrons. The SMILES string of the molecule is NC(N/C(=N\Cc1ccc(-c2ccccc2)cc1)c1ccc(-c2ccc(-c3c4ccccc4cc4c3ccc3ccccc34)c3ccccc23)cc1)c1ccccc1. The van der Waals surface area contributed by atoms with E-state index in [0.717, 1.165) is 28.1 Å². The molecule has 1 unspecified atom stereocenters. The molecule has 0 bridgehead atoms. The van der Waals surface area contributed by atoms with Crippen LogP contribution in [0.15, 0.2) is 217 Å². The van der Waals surface area contributed by atoms with E-state index in [1.54, 1.807) is 0 Å². The Morgan fingerprint density at radius 1 is 0.431 bits per heavy atom. The van der Waals surface area contributed by atoms with Crippen molar-refractivity contribution in [1.29, 1.82) is 0 Å². The second-order valence-corrected chi connectivity index (χ2v) is 14.9. The summed E-state index contributed by atoms with van der Waals surface area (Å²) in [7, 11) is 0. The van der Waals surface area contributed by atoms with E-state index in [2.05, 4.69) is 181 Å². The van der Waals surface area contributed by atoms with Gasteiger partial charge in [-0.3, -0.25) is 4.99 Å². The number of aliphatic imine (C=N–C) groups is 1. The molecule has 0 spiro atoms. The van der Waals surface area contributed by atoms with Crippen molar-refractivity contribution in [3.63, 3.8) is 0 Å². The number of rotatable bonds is 8. The lowest BCUT2D eigenvalue weighted by atomic mass is 9.86. The molecule has 0 saturated heterocycles. The van der Waals surface area contributed by atoms with Crippen molar-refractivity contribution in [2.75, 3.05) is 0 Å². The lowest BCUT2D eigenvalue weighted by Crippen LogP contribution is -2.34. The van der Waals surface area contributed by atoms with Gasteiger partial charge in [-0.25, -0.2) is 0 Å². The van der Waals surface area contributed by atoms with E-state index in [4.69, 9.17) is 10.7 Å². The Kier molecular flexibility index (Phi) is 9.27. The Morgan fingerprint density at radius 2 is 1.00 bits per heavy atom. The van der Waals surface area contributed by atoms with E-state index < -0.39 is 6.17 Å². The number of hydrogen-bond acceptors (Lipinski definition) is 2. The number of hydrogen-bond donors (Lipinski definition) is 2. The normalized spacial score (nSPS) is 12.3. The summed E-state index contributed by atoms with van der Waals surface area (Å²) in [5, 5.41) is 13.5. The number of fused-ring (bicyclic) bond motifs is 5. The predicted octanol–water partition coefficient (Wildman–Crippen LogP) is 13.5. The van der Waals surface area contributed by atoms with E-state index >= 15 is 0 Å². The fourth-order valence-electron chi connectivity index (χ4n) is 8.40. The third kappa shape index (κ3) is 6.68. The first kappa shape index (κ1) is 35.1. The Morgan fingerprint density at radius 3 is 1.74 bits per heavy atom. The lowest BCUT2D eigenvalue weighted by molar-refractivity contribution is 0.679. The van der Waals surface area contributed by atoms with Gasteiger partial charge in [0.25, 0.3) is 0 Å². The quantitative estimate of drug-likeness (QED) is 0.0535. The Bertz CT molecular complexity index is 3100. The van der Waals surface area contributed by atoms with Crippen LogP contribution in [-0.2, 0) is 6.54 Å². The van der Waals surface area contributed by atoms with Crippen LogP contribution in [0.2, 0.25) is 0 Å². The zero-order valence-electron chi connectivity index (χ0n) is 32.0. The van der Waals surface area contributed by atoms with Crippen molar-refractivity contribution in [1.82, 2.24) is 5.32 Å². The summed E-state index contributed by atoms with van der Waals surface area (Å²) in [5.41, 5.74) is 17.1. The summed E-state index contributed by atoms with van der Waals surface area (Å²) in [6.07, 6.45) is -0.417. The van der Waals surface area contributed by atoms with Crippen molar-refractivity contribution in [2.24, 2.45) is 10.7 Å². The number of amidine groups is 1. The fourth-order valence-corrected chi connectivity index (χ4v) is 8.40. The van der Waals surface area contributed by atoms with E-state index in [-0.39, 0.29) is 0 Å². The van der Waals surface area contributed by atoms with E-state index in [1.807, 2.05) is 36.4 Å². The molecule has 0 aliphatic carbocycles. The average Bonchev–Trinajstić information content (AvgIpc) is 3.30. The number of nitrogens with two attached hydrogens (primary N) is 1. The molecule has 0 heterocycles. The molecule has 0 saturated carbocycles. The van der Waals surface area contributed by atoms with Crippen molar-refractivity contribution >= 4 is 48.9 Å². The van der Waals surface area contributed by atoms with E-state index in [0.29, 0.717) is 6.54 Å². The fraction of sp³-hybridized carbons (Fsp3) is 0.0364. The van der Waals surface area contributed by atoms with Gasteiger partial charge < -0.3 is 11.1 Å². The first-order valence-corrected chi connectivity index (χ1v) is 19.9.